The fourth-order valence-electron chi connectivity index (χ4n) is 1.46. The standard InChI is InChI=1S/C13H14O7/c1-2-20-13(19)10(15)8-5-3-7(4-6-8)9(14)11(16)12(17)18/h3-6,9,11,14,16H,2H2,1H3,(H,17,18). The normalized spacial score (nSPS) is 13.3. The van der Waals surface area contributed by atoms with Gasteiger partial charge < -0.3 is 20.1 Å². The Balaban J connectivity index is 2.86. The number of ether oxygens (including phenoxy) is 1. The van der Waals surface area contributed by atoms with E-state index in [0.29, 0.717) is 0 Å². The second-order valence-electron chi connectivity index (χ2n) is 3.90. The van der Waals surface area contributed by atoms with Gasteiger partial charge in [0.05, 0.1) is 6.61 Å². The fourth-order valence-corrected chi connectivity index (χ4v) is 1.46. The minimum Gasteiger partial charge on any atom is -0.479 e. The second-order valence-corrected chi connectivity index (χ2v) is 3.90. The van der Waals surface area contributed by atoms with E-state index in [1.807, 2.05) is 0 Å². The van der Waals surface area contributed by atoms with Crippen molar-refractivity contribution in [3.8, 4) is 0 Å². The molecular weight excluding hydrogens is 268 g/mol. The Hall–Kier alpha value is -2.25. The van der Waals surface area contributed by atoms with E-state index in [1.54, 1.807) is 6.92 Å². The zero-order valence-corrected chi connectivity index (χ0v) is 10.6. The second kappa shape index (κ2) is 6.78. The molecule has 0 bridgehead atoms. The Bertz CT molecular complexity index is 506. The van der Waals surface area contributed by atoms with Gasteiger partial charge in [0.25, 0.3) is 5.78 Å². The molecule has 0 amide bonds. The van der Waals surface area contributed by atoms with E-state index in [9.17, 15) is 24.6 Å². The summed E-state index contributed by atoms with van der Waals surface area (Å²) in [6, 6.07) is 4.99. The number of hydrogen-bond donors (Lipinski definition) is 3. The monoisotopic (exact) mass is 282 g/mol. The van der Waals surface area contributed by atoms with E-state index >= 15 is 0 Å². The summed E-state index contributed by atoms with van der Waals surface area (Å²) >= 11 is 0. The molecule has 1 aromatic rings. The van der Waals surface area contributed by atoms with Gasteiger partial charge in [-0.3, -0.25) is 4.79 Å². The quantitative estimate of drug-likeness (QED) is 0.379. The number of esters is 1. The van der Waals surface area contributed by atoms with Crippen molar-refractivity contribution in [1.82, 2.24) is 0 Å². The van der Waals surface area contributed by atoms with E-state index < -0.39 is 29.9 Å². The van der Waals surface area contributed by atoms with Gasteiger partial charge in [-0.15, -0.1) is 0 Å². The van der Waals surface area contributed by atoms with Crippen LogP contribution in [-0.4, -0.2) is 45.8 Å². The first-order chi connectivity index (χ1) is 9.38. The summed E-state index contributed by atoms with van der Waals surface area (Å²) < 4.78 is 4.55. The van der Waals surface area contributed by atoms with Crippen LogP contribution >= 0.6 is 0 Å². The molecule has 0 fully saturated rings. The third-order valence-corrected chi connectivity index (χ3v) is 2.53. The summed E-state index contributed by atoms with van der Waals surface area (Å²) in [6.45, 7) is 1.64. The number of aliphatic hydroxyl groups excluding tert-OH is 2. The van der Waals surface area contributed by atoms with Crippen molar-refractivity contribution in [2.75, 3.05) is 6.61 Å². The molecule has 1 aromatic carbocycles. The highest BCUT2D eigenvalue weighted by atomic mass is 16.5. The number of Topliss-reactive ketones (excluding diaryl/α,β-unsaturated/α-hetero) is 1. The predicted octanol–water partition coefficient (Wildman–Crippen LogP) is -0.0887. The van der Waals surface area contributed by atoms with Crippen molar-refractivity contribution < 1.29 is 34.4 Å². The van der Waals surface area contributed by atoms with E-state index in [2.05, 4.69) is 4.74 Å². The largest absolute Gasteiger partial charge is 0.479 e. The summed E-state index contributed by atoms with van der Waals surface area (Å²) in [5.41, 5.74) is 0.157. The first-order valence-electron chi connectivity index (χ1n) is 5.78. The summed E-state index contributed by atoms with van der Waals surface area (Å²) in [7, 11) is 0. The van der Waals surface area contributed by atoms with Crippen LogP contribution in [0, 0.1) is 0 Å². The number of ketones is 1. The Morgan fingerprint density at radius 1 is 1.15 bits per heavy atom. The fraction of sp³-hybridized carbons (Fsp3) is 0.308. The Labute approximate surface area is 114 Å². The SMILES string of the molecule is CCOC(=O)C(=O)c1ccc(C(O)C(O)C(=O)O)cc1. The number of carbonyl (C=O) groups is 3. The van der Waals surface area contributed by atoms with Crippen LogP contribution in [0.5, 0.6) is 0 Å². The lowest BCUT2D eigenvalue weighted by molar-refractivity contribution is -0.153. The third-order valence-electron chi connectivity index (χ3n) is 2.53. The number of benzene rings is 1. The third kappa shape index (κ3) is 3.62. The minimum absolute atomic E-state index is 0.0456. The molecule has 0 aliphatic heterocycles. The highest BCUT2D eigenvalue weighted by Crippen LogP contribution is 2.18. The molecule has 0 aliphatic carbocycles. The Morgan fingerprint density at radius 2 is 1.70 bits per heavy atom. The highest BCUT2D eigenvalue weighted by molar-refractivity contribution is 6.40. The summed E-state index contributed by atoms with van der Waals surface area (Å²) in [4.78, 5) is 33.3. The van der Waals surface area contributed by atoms with E-state index in [0.717, 1.165) is 0 Å². The van der Waals surface area contributed by atoms with Gasteiger partial charge in [0.1, 0.15) is 6.10 Å². The number of aliphatic hydroxyl groups is 2. The summed E-state index contributed by atoms with van der Waals surface area (Å²) in [5, 5.41) is 27.3. The average molecular weight is 282 g/mol. The van der Waals surface area contributed by atoms with Crippen LogP contribution in [0.2, 0.25) is 0 Å². The van der Waals surface area contributed by atoms with E-state index in [1.165, 1.54) is 24.3 Å². The lowest BCUT2D eigenvalue weighted by Gasteiger charge is -2.14. The van der Waals surface area contributed by atoms with Crippen molar-refractivity contribution in [3.05, 3.63) is 35.4 Å². The number of carboxylic acid groups (broad SMARTS) is 1. The van der Waals surface area contributed by atoms with Gasteiger partial charge in [0.2, 0.25) is 0 Å². The lowest BCUT2D eigenvalue weighted by Crippen LogP contribution is -2.27. The molecule has 2 atom stereocenters. The van der Waals surface area contributed by atoms with Crippen molar-refractivity contribution in [1.29, 1.82) is 0 Å². The van der Waals surface area contributed by atoms with Gasteiger partial charge in [0, 0.05) is 5.56 Å². The summed E-state index contributed by atoms with van der Waals surface area (Å²) in [6.07, 6.45) is -3.60. The smallest absolute Gasteiger partial charge is 0.379 e. The molecule has 0 aliphatic rings. The summed E-state index contributed by atoms with van der Waals surface area (Å²) in [5.74, 6) is -3.40. The molecule has 0 heterocycles. The molecule has 108 valence electrons. The first-order valence-corrected chi connectivity index (χ1v) is 5.78. The van der Waals surface area contributed by atoms with Crippen molar-refractivity contribution in [3.63, 3.8) is 0 Å². The molecule has 3 N–H and O–H groups in total. The zero-order valence-electron chi connectivity index (χ0n) is 10.6. The van der Waals surface area contributed by atoms with Gasteiger partial charge in [0.15, 0.2) is 6.10 Å². The van der Waals surface area contributed by atoms with Gasteiger partial charge in [-0.05, 0) is 12.5 Å². The lowest BCUT2D eigenvalue weighted by atomic mass is 10.0. The topological polar surface area (TPSA) is 121 Å². The molecule has 0 spiro atoms. The maximum atomic E-state index is 11.6. The Morgan fingerprint density at radius 3 is 2.15 bits per heavy atom. The van der Waals surface area contributed by atoms with Gasteiger partial charge in [-0.2, -0.15) is 0 Å². The first kappa shape index (κ1) is 15.8. The molecule has 0 radical (unpaired) electrons. The van der Waals surface area contributed by atoms with Crippen molar-refractivity contribution in [2.45, 2.75) is 19.1 Å². The van der Waals surface area contributed by atoms with Gasteiger partial charge in [-0.1, -0.05) is 24.3 Å². The molecular formula is C13H14O7. The predicted molar refractivity (Wildman–Crippen MR) is 66.0 cm³/mol. The van der Waals surface area contributed by atoms with Crippen LogP contribution in [0.25, 0.3) is 0 Å². The van der Waals surface area contributed by atoms with Gasteiger partial charge in [-0.25, -0.2) is 9.59 Å². The van der Waals surface area contributed by atoms with Gasteiger partial charge >= 0.3 is 11.9 Å². The number of carboxylic acids is 1. The number of carbonyl (C=O) groups excluding carboxylic acids is 2. The van der Waals surface area contributed by atoms with Crippen LogP contribution in [0.4, 0.5) is 0 Å². The van der Waals surface area contributed by atoms with E-state index in [4.69, 9.17) is 5.11 Å². The van der Waals surface area contributed by atoms with Crippen molar-refractivity contribution in [2.24, 2.45) is 0 Å². The highest BCUT2D eigenvalue weighted by Gasteiger charge is 2.25. The van der Waals surface area contributed by atoms with Crippen molar-refractivity contribution >= 4 is 17.7 Å². The van der Waals surface area contributed by atoms with Crippen LogP contribution in [0.15, 0.2) is 24.3 Å². The number of rotatable bonds is 6. The van der Waals surface area contributed by atoms with Crippen LogP contribution in [0.1, 0.15) is 28.9 Å². The molecule has 20 heavy (non-hydrogen) atoms. The maximum Gasteiger partial charge on any atom is 0.379 e. The minimum atomic E-state index is -1.97. The van der Waals surface area contributed by atoms with Crippen LogP contribution in [0.3, 0.4) is 0 Å². The molecule has 0 saturated carbocycles. The molecule has 1 rings (SSSR count). The average Bonchev–Trinajstić information content (AvgIpc) is 2.45. The molecule has 2 unspecified atom stereocenters. The van der Waals surface area contributed by atoms with Crippen LogP contribution in [-0.2, 0) is 14.3 Å². The molecule has 0 aromatic heterocycles. The molecule has 7 heteroatoms. The molecule has 7 nitrogen and oxygen atoms in total. The molecule has 0 saturated heterocycles. The van der Waals surface area contributed by atoms with E-state index in [-0.39, 0.29) is 17.7 Å². The Kier molecular flexibility index (Phi) is 5.36. The zero-order chi connectivity index (χ0) is 15.3. The number of hydrogen-bond acceptors (Lipinski definition) is 6. The number of aliphatic carboxylic acids is 1. The van der Waals surface area contributed by atoms with Crippen LogP contribution < -0.4 is 0 Å². The maximum absolute atomic E-state index is 11.6.